The first-order valence-corrected chi connectivity index (χ1v) is 7.92. The molecule has 0 spiro atoms. The van der Waals surface area contributed by atoms with Gasteiger partial charge in [-0.25, -0.2) is 0 Å². The maximum Gasteiger partial charge on any atom is 0.0725 e. The van der Waals surface area contributed by atoms with Crippen molar-refractivity contribution in [2.45, 2.75) is 19.3 Å². The molecule has 2 aromatic carbocycles. The van der Waals surface area contributed by atoms with Gasteiger partial charge in [0.05, 0.1) is 19.3 Å². The molecule has 4 heteroatoms. The molecule has 0 bridgehead atoms. The van der Waals surface area contributed by atoms with E-state index in [1.54, 1.807) is 0 Å². The number of hydrogen-bond donors (Lipinski definition) is 1. The summed E-state index contributed by atoms with van der Waals surface area (Å²) in [4.78, 5) is 0. The van der Waals surface area contributed by atoms with Crippen LogP contribution in [0.3, 0.4) is 0 Å². The minimum atomic E-state index is -0.102. The number of nitrogens with two attached hydrogens (primary N) is 1. The quantitative estimate of drug-likeness (QED) is 0.728. The van der Waals surface area contributed by atoms with Gasteiger partial charge in [0.2, 0.25) is 0 Å². The number of halogens is 2. The zero-order valence-corrected chi connectivity index (χ0v) is 13.9. The van der Waals surface area contributed by atoms with Gasteiger partial charge < -0.3 is 10.5 Å². The zero-order chi connectivity index (χ0) is 13.4. The Morgan fingerprint density at radius 1 is 1.11 bits per heavy atom. The molecule has 0 aliphatic carbocycles. The van der Waals surface area contributed by atoms with Gasteiger partial charge in [-0.1, -0.05) is 34.1 Å². The van der Waals surface area contributed by atoms with Crippen LogP contribution >= 0.6 is 38.5 Å². The van der Waals surface area contributed by atoms with Crippen LogP contribution in [0.5, 0.6) is 0 Å². The lowest BCUT2D eigenvalue weighted by molar-refractivity contribution is 0.134. The Kier molecular flexibility index (Phi) is 3.93. The van der Waals surface area contributed by atoms with E-state index in [0.717, 1.165) is 22.2 Å². The SMILES string of the molecule is NC(c1ccc2c(c1)COC2)c1cc(Br)ccc1I. The fraction of sp³-hybridized carbons (Fsp3) is 0.200. The van der Waals surface area contributed by atoms with E-state index >= 15 is 0 Å². The average Bonchev–Trinajstić information content (AvgIpc) is 2.88. The highest BCUT2D eigenvalue weighted by atomic mass is 127. The van der Waals surface area contributed by atoms with Crippen LogP contribution in [0, 0.1) is 3.57 Å². The maximum atomic E-state index is 6.41. The molecule has 1 aliphatic rings. The molecule has 2 aromatic rings. The van der Waals surface area contributed by atoms with E-state index in [0.29, 0.717) is 6.61 Å². The van der Waals surface area contributed by atoms with E-state index in [9.17, 15) is 0 Å². The average molecular weight is 430 g/mol. The molecule has 1 unspecified atom stereocenters. The van der Waals surface area contributed by atoms with Crippen LogP contribution in [0.4, 0.5) is 0 Å². The maximum absolute atomic E-state index is 6.41. The van der Waals surface area contributed by atoms with Crippen molar-refractivity contribution in [1.82, 2.24) is 0 Å². The molecule has 1 heterocycles. The summed E-state index contributed by atoms with van der Waals surface area (Å²) in [5.74, 6) is 0. The standard InChI is InChI=1S/C15H13BrINO/c16-12-3-4-14(17)13(6-12)15(18)9-1-2-10-7-19-8-11(10)5-9/h1-6,15H,7-8,18H2. The summed E-state index contributed by atoms with van der Waals surface area (Å²) in [7, 11) is 0. The number of benzene rings is 2. The van der Waals surface area contributed by atoms with Crippen LogP contribution in [0.25, 0.3) is 0 Å². The van der Waals surface area contributed by atoms with Crippen molar-refractivity contribution in [1.29, 1.82) is 0 Å². The topological polar surface area (TPSA) is 35.2 Å². The van der Waals surface area contributed by atoms with Crippen molar-refractivity contribution >= 4 is 38.5 Å². The highest BCUT2D eigenvalue weighted by molar-refractivity contribution is 14.1. The molecule has 2 N–H and O–H groups in total. The monoisotopic (exact) mass is 429 g/mol. The lowest BCUT2D eigenvalue weighted by Crippen LogP contribution is -2.13. The predicted molar refractivity (Wildman–Crippen MR) is 87.8 cm³/mol. The molecule has 2 nitrogen and oxygen atoms in total. The Labute approximate surface area is 134 Å². The number of ether oxygens (including phenoxy) is 1. The van der Waals surface area contributed by atoms with Crippen molar-refractivity contribution in [2.75, 3.05) is 0 Å². The first-order valence-electron chi connectivity index (χ1n) is 6.05. The summed E-state index contributed by atoms with van der Waals surface area (Å²) in [5, 5.41) is 0. The van der Waals surface area contributed by atoms with E-state index in [-0.39, 0.29) is 6.04 Å². The molecule has 19 heavy (non-hydrogen) atoms. The van der Waals surface area contributed by atoms with Crippen molar-refractivity contribution in [2.24, 2.45) is 5.73 Å². The largest absolute Gasteiger partial charge is 0.372 e. The molecule has 0 aromatic heterocycles. The minimum absolute atomic E-state index is 0.102. The summed E-state index contributed by atoms with van der Waals surface area (Å²) >= 11 is 5.84. The molecule has 1 aliphatic heterocycles. The minimum Gasteiger partial charge on any atom is -0.372 e. The summed E-state index contributed by atoms with van der Waals surface area (Å²) < 4.78 is 7.69. The highest BCUT2D eigenvalue weighted by Gasteiger charge is 2.17. The second-order valence-corrected chi connectivity index (χ2v) is 6.74. The van der Waals surface area contributed by atoms with Gasteiger partial charge in [0.15, 0.2) is 0 Å². The molecule has 3 rings (SSSR count). The third kappa shape index (κ3) is 2.72. The summed E-state index contributed by atoms with van der Waals surface area (Å²) in [6.07, 6.45) is 0. The van der Waals surface area contributed by atoms with E-state index in [4.69, 9.17) is 10.5 Å². The lowest BCUT2D eigenvalue weighted by Gasteiger charge is -2.16. The fourth-order valence-corrected chi connectivity index (χ4v) is 3.37. The molecule has 0 radical (unpaired) electrons. The van der Waals surface area contributed by atoms with Crippen LogP contribution in [0.2, 0.25) is 0 Å². The van der Waals surface area contributed by atoms with E-state index in [1.165, 1.54) is 14.7 Å². The van der Waals surface area contributed by atoms with Gasteiger partial charge in [-0.15, -0.1) is 0 Å². The molecule has 1 atom stereocenters. The zero-order valence-electron chi connectivity index (χ0n) is 10.2. The van der Waals surface area contributed by atoms with Crippen molar-refractivity contribution in [3.63, 3.8) is 0 Å². The summed E-state index contributed by atoms with van der Waals surface area (Å²) in [6.45, 7) is 1.42. The molecule has 0 amide bonds. The Bertz CT molecular complexity index is 630. The molecule has 0 fully saturated rings. The van der Waals surface area contributed by atoms with Crippen LogP contribution < -0.4 is 5.73 Å². The Morgan fingerprint density at radius 2 is 1.89 bits per heavy atom. The van der Waals surface area contributed by atoms with Crippen LogP contribution in [0.1, 0.15) is 28.3 Å². The number of rotatable bonds is 2. The Morgan fingerprint density at radius 3 is 2.74 bits per heavy atom. The lowest BCUT2D eigenvalue weighted by atomic mass is 9.96. The van der Waals surface area contributed by atoms with Gasteiger partial charge in [0, 0.05) is 8.04 Å². The second kappa shape index (κ2) is 5.52. The summed E-state index contributed by atoms with van der Waals surface area (Å²) in [5.41, 5.74) is 11.2. The van der Waals surface area contributed by atoms with Gasteiger partial charge in [-0.05, 0) is 63.0 Å². The first kappa shape index (κ1) is 13.5. The third-order valence-corrected chi connectivity index (χ3v) is 4.87. The van der Waals surface area contributed by atoms with Gasteiger partial charge >= 0.3 is 0 Å². The van der Waals surface area contributed by atoms with Gasteiger partial charge in [-0.3, -0.25) is 0 Å². The van der Waals surface area contributed by atoms with Gasteiger partial charge in [0.25, 0.3) is 0 Å². The van der Waals surface area contributed by atoms with Crippen molar-refractivity contribution in [3.05, 3.63) is 66.7 Å². The predicted octanol–water partition coefficient (Wildman–Crippen LogP) is 4.13. The molecule has 0 saturated heterocycles. The number of fused-ring (bicyclic) bond motifs is 1. The molecular formula is C15H13BrINO. The Hall–Kier alpha value is -0.430. The normalized spacial score (nSPS) is 15.3. The van der Waals surface area contributed by atoms with Crippen LogP contribution in [0.15, 0.2) is 40.9 Å². The molecule has 98 valence electrons. The van der Waals surface area contributed by atoms with Gasteiger partial charge in [-0.2, -0.15) is 0 Å². The fourth-order valence-electron chi connectivity index (χ4n) is 2.32. The highest BCUT2D eigenvalue weighted by Crippen LogP contribution is 2.30. The van der Waals surface area contributed by atoms with E-state index < -0.39 is 0 Å². The van der Waals surface area contributed by atoms with E-state index in [2.05, 4.69) is 68.9 Å². The molecule has 0 saturated carbocycles. The first-order chi connectivity index (χ1) is 9.15. The smallest absolute Gasteiger partial charge is 0.0725 e. The number of hydrogen-bond acceptors (Lipinski definition) is 2. The Balaban J connectivity index is 1.99. The molecular weight excluding hydrogens is 417 g/mol. The third-order valence-electron chi connectivity index (χ3n) is 3.40. The van der Waals surface area contributed by atoms with Crippen molar-refractivity contribution < 1.29 is 4.74 Å². The van der Waals surface area contributed by atoms with Crippen LogP contribution in [-0.2, 0) is 18.0 Å². The van der Waals surface area contributed by atoms with Crippen LogP contribution in [-0.4, -0.2) is 0 Å². The van der Waals surface area contributed by atoms with E-state index in [1.807, 2.05) is 6.07 Å². The van der Waals surface area contributed by atoms with Gasteiger partial charge in [0.1, 0.15) is 0 Å². The summed E-state index contributed by atoms with van der Waals surface area (Å²) in [6, 6.07) is 12.5. The second-order valence-electron chi connectivity index (χ2n) is 4.66. The van der Waals surface area contributed by atoms with Crippen molar-refractivity contribution in [3.8, 4) is 0 Å².